The van der Waals surface area contributed by atoms with Gasteiger partial charge in [0, 0.05) is 50.0 Å². The number of fused-ring (bicyclic) bond motifs is 2. The molecule has 49 heavy (non-hydrogen) atoms. The summed E-state index contributed by atoms with van der Waals surface area (Å²) in [5.74, 6) is -0.534. The number of aromatic nitrogens is 2. The van der Waals surface area contributed by atoms with Crippen LogP contribution in [0.25, 0.3) is 44.3 Å². The molecule has 2 aromatic heterocycles. The quantitative estimate of drug-likeness (QED) is 0.211. The summed E-state index contributed by atoms with van der Waals surface area (Å²) in [5, 5.41) is 3.45. The number of rotatable bonds is 9. The van der Waals surface area contributed by atoms with Crippen molar-refractivity contribution in [3.63, 3.8) is 0 Å². The third-order valence-corrected chi connectivity index (χ3v) is 9.34. The number of aryl methyl sites for hydroxylation is 1. The van der Waals surface area contributed by atoms with Gasteiger partial charge in [-0.2, -0.15) is 0 Å². The van der Waals surface area contributed by atoms with E-state index in [9.17, 15) is 22.6 Å². The Balaban J connectivity index is 0.00000468. The summed E-state index contributed by atoms with van der Waals surface area (Å²) in [5.41, 5.74) is 3.63. The summed E-state index contributed by atoms with van der Waals surface area (Å²) in [6.45, 7) is 1.88. The Morgan fingerprint density at radius 3 is 2.24 bits per heavy atom. The van der Waals surface area contributed by atoms with Crippen molar-refractivity contribution in [2.45, 2.75) is 13.0 Å². The van der Waals surface area contributed by atoms with Gasteiger partial charge in [0.1, 0.15) is 39.8 Å². The van der Waals surface area contributed by atoms with Crippen LogP contribution in [0.1, 0.15) is 27.8 Å². The molecular weight excluding hydrogens is 654 g/mol. The second-order valence-electron chi connectivity index (χ2n) is 11.3. The summed E-state index contributed by atoms with van der Waals surface area (Å²) in [7, 11) is 3.25. The molecule has 1 unspecified atom stereocenters. The maximum absolute atomic E-state index is 14.2. The minimum Gasteiger partial charge on any atom is -0.455 e. The number of benzene rings is 4. The molecule has 0 bridgehead atoms. The number of anilines is 1. The average molecular weight is 689 g/mol. The zero-order chi connectivity index (χ0) is 34.3. The van der Waals surface area contributed by atoms with E-state index in [4.69, 9.17) is 14.1 Å². The van der Waals surface area contributed by atoms with Crippen molar-refractivity contribution in [2.75, 3.05) is 38.4 Å². The van der Waals surface area contributed by atoms with Crippen LogP contribution in [0.15, 0.2) is 88.1 Å². The lowest BCUT2D eigenvalue weighted by molar-refractivity contribution is 0.0964. The van der Waals surface area contributed by atoms with Crippen LogP contribution in [-0.4, -0.2) is 59.2 Å². The first-order valence-corrected chi connectivity index (χ1v) is 16.5. The SMILES string of the molecule is CNC(=O)c1c(-c2ccc(F)cc2)oc2cc(N(C)S(C)=O)c(-c3ccc4nc(C)n([C@H](COC)c5ccc(F)cc5)c(=O)c4c3)cc12.O. The van der Waals surface area contributed by atoms with Crippen LogP contribution in [0.4, 0.5) is 14.5 Å². The zero-order valence-corrected chi connectivity index (χ0v) is 28.2. The molecule has 0 aliphatic heterocycles. The van der Waals surface area contributed by atoms with Gasteiger partial charge in [-0.25, -0.2) is 18.0 Å². The smallest absolute Gasteiger partial charge is 0.262 e. The molecule has 10 nitrogen and oxygen atoms in total. The minimum atomic E-state index is -1.45. The summed E-state index contributed by atoms with van der Waals surface area (Å²) in [6.07, 6.45) is 1.53. The van der Waals surface area contributed by atoms with Crippen LogP contribution < -0.4 is 15.2 Å². The van der Waals surface area contributed by atoms with E-state index in [0.717, 1.165) is 0 Å². The highest BCUT2D eigenvalue weighted by atomic mass is 32.2. The molecule has 6 rings (SSSR count). The summed E-state index contributed by atoms with van der Waals surface area (Å²) >= 11 is 0. The standard InChI is InChI=1S/C36H32F2N4O5S.H2O/c1-20-40-29-15-10-23(16-27(29)36(44)42(20)31(19-46-4)21-6-11-24(37)12-7-21)26-17-28-32(18-30(26)41(3)48(5)45)47-34(33(28)35(43)39-2)22-8-13-25(38)14-9-22;/h6-18,31H,19H2,1-5H3,(H,39,43);1H2/t31-,48?;/m1./s1. The molecule has 0 aliphatic carbocycles. The second-order valence-corrected chi connectivity index (χ2v) is 12.7. The number of nitrogens with zero attached hydrogens (tertiary/aromatic N) is 3. The van der Waals surface area contributed by atoms with Crippen LogP contribution in [0.2, 0.25) is 0 Å². The Kier molecular flexibility index (Phi) is 10.1. The van der Waals surface area contributed by atoms with Gasteiger partial charge in [0.05, 0.1) is 34.8 Å². The molecule has 6 aromatic rings. The molecule has 4 aromatic carbocycles. The number of carbonyl (C=O) groups is 1. The number of amides is 1. The Morgan fingerprint density at radius 2 is 1.63 bits per heavy atom. The summed E-state index contributed by atoms with van der Waals surface area (Å²) < 4.78 is 55.1. The third-order valence-electron chi connectivity index (χ3n) is 8.37. The summed E-state index contributed by atoms with van der Waals surface area (Å²) in [4.78, 5) is 32.2. The monoisotopic (exact) mass is 688 g/mol. The van der Waals surface area contributed by atoms with Crippen LogP contribution in [0, 0.1) is 18.6 Å². The number of hydrogen-bond acceptors (Lipinski definition) is 6. The molecule has 0 saturated heterocycles. The Hall–Kier alpha value is -5.24. The number of ether oxygens (including phenoxy) is 1. The van der Waals surface area contributed by atoms with E-state index in [1.54, 1.807) is 54.7 Å². The lowest BCUT2D eigenvalue weighted by Crippen LogP contribution is -2.31. The van der Waals surface area contributed by atoms with Crippen molar-refractivity contribution in [1.82, 2.24) is 14.9 Å². The maximum Gasteiger partial charge on any atom is 0.262 e. The first-order valence-electron chi connectivity index (χ1n) is 15.0. The van der Waals surface area contributed by atoms with Gasteiger partial charge in [-0.15, -0.1) is 0 Å². The number of methoxy groups -OCH3 is 1. The molecule has 0 fully saturated rings. The lowest BCUT2D eigenvalue weighted by Gasteiger charge is -2.23. The normalized spacial score (nSPS) is 12.5. The molecule has 0 spiro atoms. The minimum absolute atomic E-state index is 0. The van der Waals surface area contributed by atoms with E-state index < -0.39 is 34.6 Å². The third kappa shape index (κ3) is 6.47. The zero-order valence-electron chi connectivity index (χ0n) is 27.3. The fourth-order valence-corrected chi connectivity index (χ4v) is 6.35. The van der Waals surface area contributed by atoms with Gasteiger partial charge >= 0.3 is 0 Å². The number of hydrogen-bond donors (Lipinski definition) is 1. The highest BCUT2D eigenvalue weighted by Crippen LogP contribution is 2.41. The predicted octanol–water partition coefficient (Wildman–Crippen LogP) is 5.56. The summed E-state index contributed by atoms with van der Waals surface area (Å²) in [6, 6.07) is 19.7. The van der Waals surface area contributed by atoms with E-state index in [-0.39, 0.29) is 29.0 Å². The topological polar surface area (TPSA) is 138 Å². The molecule has 1 amide bonds. The fourth-order valence-electron chi connectivity index (χ4n) is 5.92. The largest absolute Gasteiger partial charge is 0.455 e. The van der Waals surface area contributed by atoms with E-state index in [0.29, 0.717) is 55.6 Å². The van der Waals surface area contributed by atoms with Crippen molar-refractivity contribution in [1.29, 1.82) is 0 Å². The van der Waals surface area contributed by atoms with Crippen LogP contribution in [0.5, 0.6) is 0 Å². The van der Waals surface area contributed by atoms with Crippen LogP contribution in [-0.2, 0) is 15.7 Å². The van der Waals surface area contributed by atoms with Gasteiger partial charge in [-0.05, 0) is 72.6 Å². The Bertz CT molecular complexity index is 2270. The fraction of sp³-hybridized carbons (Fsp3) is 0.194. The van der Waals surface area contributed by atoms with Crippen molar-refractivity contribution in [3.05, 3.63) is 118 Å². The predicted molar refractivity (Wildman–Crippen MR) is 187 cm³/mol. The van der Waals surface area contributed by atoms with E-state index in [1.165, 1.54) is 61.4 Å². The second kappa shape index (κ2) is 14.1. The highest BCUT2D eigenvalue weighted by Gasteiger charge is 2.26. The van der Waals surface area contributed by atoms with Gasteiger partial charge in [0.15, 0.2) is 0 Å². The van der Waals surface area contributed by atoms with Crippen molar-refractivity contribution in [2.24, 2.45) is 0 Å². The van der Waals surface area contributed by atoms with Gasteiger partial charge in [-0.3, -0.25) is 18.5 Å². The van der Waals surface area contributed by atoms with Crippen molar-refractivity contribution in [3.8, 4) is 22.5 Å². The number of nitrogens with one attached hydrogen (secondary N) is 1. The average Bonchev–Trinajstić information content (AvgIpc) is 3.45. The molecule has 0 saturated carbocycles. The number of furan rings is 1. The number of halogens is 2. The van der Waals surface area contributed by atoms with Crippen molar-refractivity contribution >= 4 is 44.5 Å². The molecule has 254 valence electrons. The van der Waals surface area contributed by atoms with Crippen LogP contribution in [0.3, 0.4) is 0 Å². The van der Waals surface area contributed by atoms with E-state index in [2.05, 4.69) is 5.32 Å². The van der Waals surface area contributed by atoms with Crippen LogP contribution >= 0.6 is 0 Å². The first-order chi connectivity index (χ1) is 23.0. The van der Waals surface area contributed by atoms with Gasteiger partial charge < -0.3 is 19.9 Å². The van der Waals surface area contributed by atoms with Gasteiger partial charge in [0.2, 0.25) is 0 Å². The van der Waals surface area contributed by atoms with E-state index >= 15 is 0 Å². The molecule has 0 aliphatic rings. The number of carbonyl (C=O) groups excluding carboxylic acids is 1. The molecule has 13 heteroatoms. The Labute approximate surface area is 282 Å². The van der Waals surface area contributed by atoms with Gasteiger partial charge in [0.25, 0.3) is 11.5 Å². The molecule has 2 heterocycles. The molecule has 2 atom stereocenters. The first kappa shape index (κ1) is 35.1. The molecular formula is C36H34F2N4O6S. The van der Waals surface area contributed by atoms with Gasteiger partial charge in [-0.1, -0.05) is 18.2 Å². The van der Waals surface area contributed by atoms with Crippen molar-refractivity contribution < 1.29 is 32.4 Å². The molecule has 0 radical (unpaired) electrons. The highest BCUT2D eigenvalue weighted by molar-refractivity contribution is 7.85. The maximum atomic E-state index is 14.2. The van der Waals surface area contributed by atoms with E-state index in [1.807, 2.05) is 6.07 Å². The lowest BCUT2D eigenvalue weighted by atomic mass is 9.97. The molecule has 3 N–H and O–H groups in total. The Morgan fingerprint density at radius 1 is 1.00 bits per heavy atom.